The van der Waals surface area contributed by atoms with Crippen LogP contribution in [0.4, 0.5) is 5.69 Å². The molecule has 0 bridgehead atoms. The van der Waals surface area contributed by atoms with Crippen LogP contribution in [0, 0.1) is 0 Å². The van der Waals surface area contributed by atoms with E-state index in [9.17, 15) is 0 Å². The van der Waals surface area contributed by atoms with Crippen molar-refractivity contribution in [3.63, 3.8) is 0 Å². The summed E-state index contributed by atoms with van der Waals surface area (Å²) in [6.07, 6.45) is 2.28. The van der Waals surface area contributed by atoms with E-state index in [0.717, 1.165) is 43.6 Å². The summed E-state index contributed by atoms with van der Waals surface area (Å²) in [5.41, 5.74) is 2.66. The summed E-state index contributed by atoms with van der Waals surface area (Å²) < 4.78 is 6.42. The van der Waals surface area contributed by atoms with Crippen LogP contribution in [0.3, 0.4) is 0 Å². The first-order chi connectivity index (χ1) is 10.1. The summed E-state index contributed by atoms with van der Waals surface area (Å²) in [5, 5.41) is 3.51. The molecule has 1 aromatic carbocycles. The highest BCUT2D eigenvalue weighted by Crippen LogP contribution is 2.27. The molecule has 21 heavy (non-hydrogen) atoms. The molecular weight excluding hydrogens is 328 g/mol. The minimum Gasteiger partial charge on any atom is -0.383 e. The standard InChI is InChI=1S/C17H29BrN2O/c1-5-9-19-13-15-7-8-16(18)12-17(15)20(10-11-21-4)14(3)6-2/h7-8,12,14,19H,5-6,9-11,13H2,1-4H3. The Balaban J connectivity index is 2.99. The van der Waals surface area contributed by atoms with Gasteiger partial charge in [-0.05, 0) is 44.0 Å². The van der Waals surface area contributed by atoms with Crippen LogP contribution in [0.25, 0.3) is 0 Å². The highest BCUT2D eigenvalue weighted by Gasteiger charge is 2.16. The largest absolute Gasteiger partial charge is 0.383 e. The van der Waals surface area contributed by atoms with Crippen molar-refractivity contribution in [2.24, 2.45) is 0 Å². The normalized spacial score (nSPS) is 12.4. The minimum atomic E-state index is 0.499. The molecule has 0 aromatic heterocycles. The number of ether oxygens (including phenoxy) is 1. The molecule has 0 aliphatic heterocycles. The average Bonchev–Trinajstić information content (AvgIpc) is 2.49. The second-order valence-corrected chi connectivity index (χ2v) is 6.31. The molecule has 1 rings (SSSR count). The Morgan fingerprint density at radius 2 is 2.10 bits per heavy atom. The summed E-state index contributed by atoms with van der Waals surface area (Å²) in [6.45, 7) is 10.3. The van der Waals surface area contributed by atoms with Gasteiger partial charge in [0.15, 0.2) is 0 Å². The van der Waals surface area contributed by atoms with E-state index in [-0.39, 0.29) is 0 Å². The van der Waals surface area contributed by atoms with Crippen molar-refractivity contribution in [2.75, 3.05) is 31.7 Å². The van der Waals surface area contributed by atoms with E-state index >= 15 is 0 Å². The van der Waals surface area contributed by atoms with Crippen LogP contribution in [0.2, 0.25) is 0 Å². The maximum atomic E-state index is 5.29. The van der Waals surface area contributed by atoms with Crippen LogP contribution in [0.5, 0.6) is 0 Å². The fourth-order valence-electron chi connectivity index (χ4n) is 2.34. The Bertz CT molecular complexity index is 412. The van der Waals surface area contributed by atoms with Crippen molar-refractivity contribution in [1.82, 2.24) is 5.32 Å². The van der Waals surface area contributed by atoms with Crippen molar-refractivity contribution in [3.8, 4) is 0 Å². The lowest BCUT2D eigenvalue weighted by molar-refractivity contribution is 0.203. The molecular formula is C17H29BrN2O. The zero-order valence-corrected chi connectivity index (χ0v) is 15.4. The third-order valence-electron chi connectivity index (χ3n) is 3.76. The van der Waals surface area contributed by atoms with Gasteiger partial charge in [0, 0.05) is 36.4 Å². The number of hydrogen-bond donors (Lipinski definition) is 1. The summed E-state index contributed by atoms with van der Waals surface area (Å²) in [6, 6.07) is 7.06. The molecule has 1 N–H and O–H groups in total. The molecule has 0 aliphatic rings. The number of hydrogen-bond acceptors (Lipinski definition) is 3. The Morgan fingerprint density at radius 1 is 1.33 bits per heavy atom. The lowest BCUT2D eigenvalue weighted by Gasteiger charge is -2.32. The number of nitrogens with one attached hydrogen (secondary N) is 1. The Morgan fingerprint density at radius 3 is 2.71 bits per heavy atom. The summed E-state index contributed by atoms with van der Waals surface area (Å²) >= 11 is 3.61. The Kier molecular flexibility index (Phi) is 8.97. The fraction of sp³-hybridized carbons (Fsp3) is 0.647. The molecule has 4 heteroatoms. The van der Waals surface area contributed by atoms with Gasteiger partial charge in [-0.1, -0.05) is 35.8 Å². The molecule has 120 valence electrons. The van der Waals surface area contributed by atoms with Gasteiger partial charge in [0.1, 0.15) is 0 Å². The Labute approximate surface area is 138 Å². The van der Waals surface area contributed by atoms with Crippen molar-refractivity contribution in [3.05, 3.63) is 28.2 Å². The number of halogens is 1. The molecule has 0 radical (unpaired) electrons. The van der Waals surface area contributed by atoms with E-state index < -0.39 is 0 Å². The van der Waals surface area contributed by atoms with Gasteiger partial charge in [-0.3, -0.25) is 0 Å². The van der Waals surface area contributed by atoms with Crippen molar-refractivity contribution >= 4 is 21.6 Å². The van der Waals surface area contributed by atoms with Crippen molar-refractivity contribution in [1.29, 1.82) is 0 Å². The highest BCUT2D eigenvalue weighted by atomic mass is 79.9. The van der Waals surface area contributed by atoms with E-state index in [1.807, 2.05) is 0 Å². The van der Waals surface area contributed by atoms with E-state index in [1.54, 1.807) is 7.11 Å². The molecule has 0 amide bonds. The molecule has 1 atom stereocenters. The highest BCUT2D eigenvalue weighted by molar-refractivity contribution is 9.10. The van der Waals surface area contributed by atoms with Crippen molar-refractivity contribution in [2.45, 2.75) is 46.2 Å². The lowest BCUT2D eigenvalue weighted by Crippen LogP contribution is -2.36. The molecule has 1 unspecified atom stereocenters. The monoisotopic (exact) mass is 356 g/mol. The first-order valence-electron chi connectivity index (χ1n) is 7.88. The summed E-state index contributed by atoms with van der Waals surface area (Å²) in [4.78, 5) is 2.46. The van der Waals surface area contributed by atoms with Crippen molar-refractivity contribution < 1.29 is 4.74 Å². The molecule has 0 heterocycles. The zero-order chi connectivity index (χ0) is 15.7. The quantitative estimate of drug-likeness (QED) is 0.635. The predicted molar refractivity (Wildman–Crippen MR) is 95.1 cm³/mol. The SMILES string of the molecule is CCCNCc1ccc(Br)cc1N(CCOC)C(C)CC. The Hall–Kier alpha value is -0.580. The molecule has 0 saturated carbocycles. The number of benzene rings is 1. The molecule has 0 fully saturated rings. The van der Waals surface area contributed by atoms with Crippen LogP contribution in [-0.2, 0) is 11.3 Å². The second kappa shape index (κ2) is 10.2. The smallest absolute Gasteiger partial charge is 0.0637 e. The van der Waals surface area contributed by atoms with Crippen LogP contribution in [0.15, 0.2) is 22.7 Å². The van der Waals surface area contributed by atoms with Crippen LogP contribution in [-0.4, -0.2) is 32.8 Å². The molecule has 1 aromatic rings. The van der Waals surface area contributed by atoms with Gasteiger partial charge >= 0.3 is 0 Å². The van der Waals surface area contributed by atoms with E-state index in [2.05, 4.69) is 65.1 Å². The van der Waals surface area contributed by atoms with Crippen LogP contribution in [0.1, 0.15) is 39.2 Å². The third-order valence-corrected chi connectivity index (χ3v) is 4.25. The molecule has 0 saturated heterocycles. The number of nitrogens with zero attached hydrogens (tertiary/aromatic N) is 1. The van der Waals surface area contributed by atoms with Crippen LogP contribution >= 0.6 is 15.9 Å². The second-order valence-electron chi connectivity index (χ2n) is 5.39. The van der Waals surface area contributed by atoms with Gasteiger partial charge in [0.2, 0.25) is 0 Å². The fourth-order valence-corrected chi connectivity index (χ4v) is 2.69. The molecule has 0 spiro atoms. The lowest BCUT2D eigenvalue weighted by atomic mass is 10.1. The first-order valence-corrected chi connectivity index (χ1v) is 8.68. The number of methoxy groups -OCH3 is 1. The van der Waals surface area contributed by atoms with Gasteiger partial charge in [-0.15, -0.1) is 0 Å². The first kappa shape index (κ1) is 18.5. The van der Waals surface area contributed by atoms with Gasteiger partial charge in [-0.25, -0.2) is 0 Å². The van der Waals surface area contributed by atoms with Gasteiger partial charge in [0.05, 0.1) is 6.61 Å². The molecule has 0 aliphatic carbocycles. The zero-order valence-electron chi connectivity index (χ0n) is 13.8. The number of rotatable bonds is 10. The summed E-state index contributed by atoms with van der Waals surface area (Å²) in [7, 11) is 1.76. The predicted octanol–water partition coefficient (Wildman–Crippen LogP) is 4.20. The van der Waals surface area contributed by atoms with E-state index in [1.165, 1.54) is 11.3 Å². The van der Waals surface area contributed by atoms with Gasteiger partial charge in [-0.2, -0.15) is 0 Å². The van der Waals surface area contributed by atoms with Gasteiger partial charge < -0.3 is 15.0 Å². The van der Waals surface area contributed by atoms with E-state index in [4.69, 9.17) is 4.74 Å². The maximum absolute atomic E-state index is 5.29. The van der Waals surface area contributed by atoms with E-state index in [0.29, 0.717) is 6.04 Å². The average molecular weight is 357 g/mol. The topological polar surface area (TPSA) is 24.5 Å². The maximum Gasteiger partial charge on any atom is 0.0637 e. The summed E-state index contributed by atoms with van der Waals surface area (Å²) in [5.74, 6) is 0. The minimum absolute atomic E-state index is 0.499. The number of anilines is 1. The molecule has 3 nitrogen and oxygen atoms in total. The van der Waals surface area contributed by atoms with Crippen LogP contribution < -0.4 is 10.2 Å². The van der Waals surface area contributed by atoms with Gasteiger partial charge in [0.25, 0.3) is 0 Å². The third kappa shape index (κ3) is 5.97.